The van der Waals surface area contributed by atoms with Crippen LogP contribution in [0.1, 0.15) is 21.5 Å². The van der Waals surface area contributed by atoms with Gasteiger partial charge >= 0.3 is 0 Å². The molecule has 0 aliphatic heterocycles. The van der Waals surface area contributed by atoms with Crippen molar-refractivity contribution < 1.29 is 4.79 Å². The number of rotatable bonds is 4. The van der Waals surface area contributed by atoms with E-state index in [0.29, 0.717) is 12.1 Å². The molecule has 2 rings (SSSR count). The molecule has 3 heteroatoms. The van der Waals surface area contributed by atoms with Gasteiger partial charge in [0.05, 0.1) is 0 Å². The molecule has 20 heavy (non-hydrogen) atoms. The van der Waals surface area contributed by atoms with Crippen molar-refractivity contribution in [1.82, 2.24) is 5.32 Å². The normalized spacial score (nSPS) is 10.7. The summed E-state index contributed by atoms with van der Waals surface area (Å²) in [5, 5.41) is 2.87. The van der Waals surface area contributed by atoms with Gasteiger partial charge in [-0.05, 0) is 42.3 Å². The molecule has 0 unspecified atom stereocenters. The Hall–Kier alpha value is -1.87. The second kappa shape index (κ2) is 7.06. The highest BCUT2D eigenvalue weighted by molar-refractivity contribution is 9.10. The van der Waals surface area contributed by atoms with Crippen molar-refractivity contribution >= 4 is 27.9 Å². The summed E-state index contributed by atoms with van der Waals surface area (Å²) in [4.78, 5) is 11.9. The first-order chi connectivity index (χ1) is 9.66. The Balaban J connectivity index is 1.88. The molecule has 102 valence electrons. The molecule has 0 bridgehead atoms. The second-order valence-electron chi connectivity index (χ2n) is 4.48. The number of hydrogen-bond donors (Lipinski definition) is 1. The summed E-state index contributed by atoms with van der Waals surface area (Å²) in [5.74, 6) is -0.0630. The number of halogens is 1. The van der Waals surface area contributed by atoms with Gasteiger partial charge in [-0.2, -0.15) is 0 Å². The molecule has 0 aliphatic carbocycles. The number of nitrogens with one attached hydrogen (secondary N) is 1. The van der Waals surface area contributed by atoms with Crippen molar-refractivity contribution in [3.8, 4) is 0 Å². The molecule has 0 spiro atoms. The molecule has 0 radical (unpaired) electrons. The molecule has 0 heterocycles. The molecular formula is C17H16BrNO. The third kappa shape index (κ3) is 4.07. The minimum Gasteiger partial charge on any atom is -0.349 e. The fourth-order valence-corrected chi connectivity index (χ4v) is 2.08. The number of hydrogen-bond acceptors (Lipinski definition) is 1. The predicted octanol–water partition coefficient (Wildman–Crippen LogP) is 4.20. The molecule has 0 aliphatic rings. The first kappa shape index (κ1) is 14.5. The van der Waals surface area contributed by atoms with Gasteiger partial charge in [0.1, 0.15) is 0 Å². The van der Waals surface area contributed by atoms with Crippen LogP contribution in [0, 0.1) is 6.92 Å². The van der Waals surface area contributed by atoms with E-state index in [4.69, 9.17) is 0 Å². The van der Waals surface area contributed by atoms with Crippen LogP contribution in [0.2, 0.25) is 0 Å². The van der Waals surface area contributed by atoms with Crippen LogP contribution in [0.3, 0.4) is 0 Å². The zero-order valence-electron chi connectivity index (χ0n) is 11.3. The lowest BCUT2D eigenvalue weighted by Crippen LogP contribution is -2.23. The van der Waals surface area contributed by atoms with E-state index >= 15 is 0 Å². The average Bonchev–Trinajstić information content (AvgIpc) is 2.46. The summed E-state index contributed by atoms with van der Waals surface area (Å²) < 4.78 is 0.966. The van der Waals surface area contributed by atoms with E-state index in [1.54, 1.807) is 12.1 Å². The molecule has 0 aromatic heterocycles. The largest absolute Gasteiger partial charge is 0.349 e. The van der Waals surface area contributed by atoms with Gasteiger partial charge in [0.2, 0.25) is 0 Å². The lowest BCUT2D eigenvalue weighted by Gasteiger charge is -2.03. The first-order valence-electron chi connectivity index (χ1n) is 6.43. The van der Waals surface area contributed by atoms with Crippen LogP contribution >= 0.6 is 15.9 Å². The number of aryl methyl sites for hydroxylation is 1. The summed E-state index contributed by atoms with van der Waals surface area (Å²) in [5.41, 5.74) is 3.06. The first-order valence-corrected chi connectivity index (χ1v) is 7.22. The van der Waals surface area contributed by atoms with Crippen molar-refractivity contribution in [2.75, 3.05) is 6.54 Å². The summed E-state index contributed by atoms with van der Waals surface area (Å²) in [6, 6.07) is 15.5. The molecule has 2 nitrogen and oxygen atoms in total. The Labute approximate surface area is 127 Å². The van der Waals surface area contributed by atoms with E-state index in [2.05, 4.69) is 40.3 Å². The SMILES string of the molecule is Cc1ccccc1/C=C/CNC(=O)c1ccc(Br)cc1. The van der Waals surface area contributed by atoms with Gasteiger partial charge in [0.25, 0.3) is 5.91 Å². The maximum absolute atomic E-state index is 11.9. The van der Waals surface area contributed by atoms with Crippen LogP contribution in [-0.4, -0.2) is 12.5 Å². The Morgan fingerprint density at radius 2 is 1.85 bits per heavy atom. The maximum atomic E-state index is 11.9. The molecule has 0 saturated heterocycles. The highest BCUT2D eigenvalue weighted by atomic mass is 79.9. The molecule has 2 aromatic carbocycles. The molecule has 0 atom stereocenters. The van der Waals surface area contributed by atoms with Gasteiger partial charge in [0.15, 0.2) is 0 Å². The fraction of sp³-hybridized carbons (Fsp3) is 0.118. The summed E-state index contributed by atoms with van der Waals surface area (Å²) in [6.07, 6.45) is 3.98. The minimum absolute atomic E-state index is 0.0630. The van der Waals surface area contributed by atoms with Crippen LogP contribution in [0.25, 0.3) is 6.08 Å². The van der Waals surface area contributed by atoms with Gasteiger partial charge in [-0.15, -0.1) is 0 Å². The fourth-order valence-electron chi connectivity index (χ4n) is 1.81. The van der Waals surface area contributed by atoms with E-state index in [9.17, 15) is 4.79 Å². The van der Waals surface area contributed by atoms with E-state index in [1.807, 2.05) is 36.4 Å². The van der Waals surface area contributed by atoms with E-state index in [0.717, 1.165) is 4.47 Å². The summed E-state index contributed by atoms with van der Waals surface area (Å²) >= 11 is 3.35. The van der Waals surface area contributed by atoms with Gasteiger partial charge in [-0.1, -0.05) is 52.3 Å². The van der Waals surface area contributed by atoms with E-state index in [-0.39, 0.29) is 5.91 Å². The Bertz CT molecular complexity index is 617. The van der Waals surface area contributed by atoms with Crippen molar-refractivity contribution in [1.29, 1.82) is 0 Å². The van der Waals surface area contributed by atoms with E-state index in [1.165, 1.54) is 11.1 Å². The molecule has 1 N–H and O–H groups in total. The van der Waals surface area contributed by atoms with E-state index < -0.39 is 0 Å². The second-order valence-corrected chi connectivity index (χ2v) is 5.39. The van der Waals surface area contributed by atoms with Crippen LogP contribution in [0.15, 0.2) is 59.1 Å². The number of benzene rings is 2. The lowest BCUT2D eigenvalue weighted by atomic mass is 10.1. The Morgan fingerprint density at radius 3 is 2.55 bits per heavy atom. The molecule has 1 amide bonds. The van der Waals surface area contributed by atoms with Gasteiger partial charge in [-0.3, -0.25) is 4.79 Å². The highest BCUT2D eigenvalue weighted by Crippen LogP contribution is 2.10. The van der Waals surface area contributed by atoms with Crippen LogP contribution in [0.4, 0.5) is 0 Å². The minimum atomic E-state index is -0.0630. The smallest absolute Gasteiger partial charge is 0.251 e. The zero-order valence-corrected chi connectivity index (χ0v) is 12.9. The zero-order chi connectivity index (χ0) is 14.4. The van der Waals surface area contributed by atoms with Gasteiger partial charge in [-0.25, -0.2) is 0 Å². The number of carbonyl (C=O) groups excluding carboxylic acids is 1. The summed E-state index contributed by atoms with van der Waals surface area (Å²) in [6.45, 7) is 2.59. The van der Waals surface area contributed by atoms with Crippen LogP contribution in [-0.2, 0) is 0 Å². The quantitative estimate of drug-likeness (QED) is 0.894. The molecule has 2 aromatic rings. The van der Waals surface area contributed by atoms with Gasteiger partial charge in [0, 0.05) is 16.6 Å². The van der Waals surface area contributed by atoms with Gasteiger partial charge < -0.3 is 5.32 Å². The standard InChI is InChI=1S/C17H16BrNO/c1-13-5-2-3-6-14(13)7-4-12-19-17(20)15-8-10-16(18)11-9-15/h2-11H,12H2,1H3,(H,19,20)/b7-4+. The van der Waals surface area contributed by atoms with Crippen molar-refractivity contribution in [3.05, 3.63) is 75.8 Å². The lowest BCUT2D eigenvalue weighted by molar-refractivity contribution is 0.0958. The third-order valence-corrected chi connectivity index (χ3v) is 3.50. The third-order valence-electron chi connectivity index (χ3n) is 2.97. The highest BCUT2D eigenvalue weighted by Gasteiger charge is 2.02. The van der Waals surface area contributed by atoms with Crippen LogP contribution in [0.5, 0.6) is 0 Å². The van der Waals surface area contributed by atoms with Crippen molar-refractivity contribution in [2.24, 2.45) is 0 Å². The Morgan fingerprint density at radius 1 is 1.15 bits per heavy atom. The van der Waals surface area contributed by atoms with Crippen LogP contribution < -0.4 is 5.32 Å². The molecular weight excluding hydrogens is 314 g/mol. The number of carbonyl (C=O) groups is 1. The number of amides is 1. The topological polar surface area (TPSA) is 29.1 Å². The maximum Gasteiger partial charge on any atom is 0.251 e. The predicted molar refractivity (Wildman–Crippen MR) is 86.7 cm³/mol. The summed E-state index contributed by atoms with van der Waals surface area (Å²) in [7, 11) is 0. The average molecular weight is 330 g/mol. The Kier molecular flexibility index (Phi) is 5.13. The van der Waals surface area contributed by atoms with Crippen molar-refractivity contribution in [3.63, 3.8) is 0 Å². The van der Waals surface area contributed by atoms with Crippen molar-refractivity contribution in [2.45, 2.75) is 6.92 Å². The molecule has 0 fully saturated rings. The molecule has 0 saturated carbocycles. The monoisotopic (exact) mass is 329 g/mol.